The highest BCUT2D eigenvalue weighted by Crippen LogP contribution is 2.26. The van der Waals surface area contributed by atoms with E-state index < -0.39 is 5.97 Å². The molecule has 0 saturated carbocycles. The number of carbonyl (C=O) groups is 3. The highest BCUT2D eigenvalue weighted by molar-refractivity contribution is 7.99. The molecule has 0 spiro atoms. The molecule has 1 atom stereocenters. The topological polar surface area (TPSA) is 115 Å². The van der Waals surface area contributed by atoms with Gasteiger partial charge in [0.2, 0.25) is 5.91 Å². The van der Waals surface area contributed by atoms with Crippen LogP contribution in [-0.4, -0.2) is 45.4 Å². The minimum absolute atomic E-state index is 0.0631. The van der Waals surface area contributed by atoms with Crippen molar-refractivity contribution in [2.24, 2.45) is 5.92 Å². The smallest absolute Gasteiger partial charge is 0.339 e. The average Bonchev–Trinajstić information content (AvgIpc) is 3.28. The minimum Gasteiger partial charge on any atom is -0.465 e. The van der Waals surface area contributed by atoms with E-state index in [1.165, 1.54) is 18.9 Å². The lowest BCUT2D eigenvalue weighted by atomic mass is 10.0. The number of benzene rings is 2. The van der Waals surface area contributed by atoms with Crippen LogP contribution in [0.4, 0.5) is 5.69 Å². The van der Waals surface area contributed by atoms with E-state index in [1.54, 1.807) is 36.4 Å². The molecule has 0 fully saturated rings. The lowest BCUT2D eigenvalue weighted by Crippen LogP contribution is -2.33. The van der Waals surface area contributed by atoms with Gasteiger partial charge in [0.15, 0.2) is 11.0 Å². The predicted molar refractivity (Wildman–Crippen MR) is 134 cm³/mol. The molecule has 2 aromatic carbocycles. The maximum absolute atomic E-state index is 12.8. The Kier molecular flexibility index (Phi) is 9.02. The number of para-hydroxylation sites is 1. The third-order valence-electron chi connectivity index (χ3n) is 5.27. The highest BCUT2D eigenvalue weighted by atomic mass is 32.2. The Morgan fingerprint density at radius 2 is 1.71 bits per heavy atom. The summed E-state index contributed by atoms with van der Waals surface area (Å²) in [7, 11) is 1.29. The van der Waals surface area contributed by atoms with Gasteiger partial charge < -0.3 is 19.9 Å². The molecular formula is C25H29N5O4S. The van der Waals surface area contributed by atoms with Gasteiger partial charge in [-0.2, -0.15) is 0 Å². The van der Waals surface area contributed by atoms with Gasteiger partial charge in [0.05, 0.1) is 30.2 Å². The van der Waals surface area contributed by atoms with E-state index in [0.29, 0.717) is 28.8 Å². The summed E-state index contributed by atoms with van der Waals surface area (Å²) in [6.07, 6.45) is 0. The summed E-state index contributed by atoms with van der Waals surface area (Å²) >= 11 is 1.23. The largest absolute Gasteiger partial charge is 0.465 e. The van der Waals surface area contributed by atoms with E-state index in [2.05, 4.69) is 20.8 Å². The maximum Gasteiger partial charge on any atom is 0.339 e. The van der Waals surface area contributed by atoms with Crippen LogP contribution in [0.25, 0.3) is 0 Å². The van der Waals surface area contributed by atoms with Crippen LogP contribution in [0, 0.1) is 5.92 Å². The van der Waals surface area contributed by atoms with Gasteiger partial charge in [0.25, 0.3) is 5.91 Å². The number of esters is 1. The van der Waals surface area contributed by atoms with Crippen molar-refractivity contribution in [1.29, 1.82) is 0 Å². The molecule has 0 saturated heterocycles. The Morgan fingerprint density at radius 1 is 1.03 bits per heavy atom. The third-order valence-corrected chi connectivity index (χ3v) is 6.23. The Bertz CT molecular complexity index is 1180. The monoisotopic (exact) mass is 495 g/mol. The van der Waals surface area contributed by atoms with Gasteiger partial charge in [0.1, 0.15) is 0 Å². The number of hydrogen-bond acceptors (Lipinski definition) is 7. The Hall–Kier alpha value is -3.66. The molecule has 1 aromatic heterocycles. The van der Waals surface area contributed by atoms with Crippen LogP contribution >= 0.6 is 11.8 Å². The molecule has 3 rings (SSSR count). The lowest BCUT2D eigenvalue weighted by molar-refractivity contribution is -0.113. The molecule has 1 heterocycles. The Labute approximate surface area is 208 Å². The molecule has 10 heteroatoms. The lowest BCUT2D eigenvalue weighted by Gasteiger charge is -2.22. The minimum atomic E-state index is -0.527. The molecule has 0 aliphatic carbocycles. The fraction of sp³-hybridized carbons (Fsp3) is 0.320. The van der Waals surface area contributed by atoms with Crippen LogP contribution in [0.2, 0.25) is 0 Å². The summed E-state index contributed by atoms with van der Waals surface area (Å²) in [6, 6.07) is 15.3. The van der Waals surface area contributed by atoms with Crippen LogP contribution in [0.5, 0.6) is 0 Å². The number of nitrogens with one attached hydrogen (secondary N) is 2. The molecule has 184 valence electrons. The fourth-order valence-electron chi connectivity index (χ4n) is 3.47. The average molecular weight is 496 g/mol. The van der Waals surface area contributed by atoms with Crippen molar-refractivity contribution in [2.75, 3.05) is 18.2 Å². The number of aromatic nitrogens is 3. The van der Waals surface area contributed by atoms with Crippen LogP contribution < -0.4 is 10.6 Å². The maximum atomic E-state index is 12.8. The third kappa shape index (κ3) is 6.48. The molecule has 0 aliphatic rings. The van der Waals surface area contributed by atoms with Gasteiger partial charge in [-0.25, -0.2) is 4.79 Å². The van der Waals surface area contributed by atoms with Crippen LogP contribution in [0.1, 0.15) is 53.4 Å². The highest BCUT2D eigenvalue weighted by Gasteiger charge is 2.26. The van der Waals surface area contributed by atoms with E-state index in [1.807, 2.05) is 43.5 Å². The van der Waals surface area contributed by atoms with Gasteiger partial charge in [-0.1, -0.05) is 55.9 Å². The van der Waals surface area contributed by atoms with Gasteiger partial charge in [0, 0.05) is 12.1 Å². The number of hydrogen-bond donors (Lipinski definition) is 2. The van der Waals surface area contributed by atoms with Crippen molar-refractivity contribution in [1.82, 2.24) is 20.1 Å². The van der Waals surface area contributed by atoms with E-state index >= 15 is 0 Å². The molecule has 2 amide bonds. The summed E-state index contributed by atoms with van der Waals surface area (Å²) in [5.74, 6) is -0.250. The van der Waals surface area contributed by atoms with E-state index in [9.17, 15) is 14.4 Å². The zero-order valence-electron chi connectivity index (χ0n) is 20.1. The van der Waals surface area contributed by atoms with Gasteiger partial charge in [-0.3, -0.25) is 9.59 Å². The van der Waals surface area contributed by atoms with Gasteiger partial charge in [-0.05, 0) is 37.1 Å². The summed E-state index contributed by atoms with van der Waals surface area (Å²) in [4.78, 5) is 37.3. The fourth-order valence-corrected chi connectivity index (χ4v) is 4.28. The van der Waals surface area contributed by atoms with E-state index in [4.69, 9.17) is 4.74 Å². The summed E-state index contributed by atoms with van der Waals surface area (Å²) in [5.41, 5.74) is 1.23. The Balaban J connectivity index is 1.71. The summed E-state index contributed by atoms with van der Waals surface area (Å²) in [5, 5.41) is 15.0. The second-order valence-corrected chi connectivity index (χ2v) is 8.96. The zero-order valence-corrected chi connectivity index (χ0v) is 21.0. The molecule has 35 heavy (non-hydrogen) atoms. The van der Waals surface area contributed by atoms with Crippen LogP contribution in [0.15, 0.2) is 59.8 Å². The molecule has 0 radical (unpaired) electrons. The number of ether oxygens (including phenoxy) is 1. The molecule has 0 unspecified atom stereocenters. The van der Waals surface area contributed by atoms with Crippen molar-refractivity contribution >= 4 is 35.2 Å². The predicted octanol–water partition coefficient (Wildman–Crippen LogP) is 3.94. The van der Waals surface area contributed by atoms with Crippen LogP contribution in [-0.2, 0) is 16.1 Å². The zero-order chi connectivity index (χ0) is 25.4. The second kappa shape index (κ2) is 12.2. The first-order valence-corrected chi connectivity index (χ1v) is 12.2. The SMILES string of the molecule is CCn1c(SCC(=O)Nc2ccccc2C(=O)OC)nnc1[C@@H](NC(=O)c1ccccc1)C(C)C. The van der Waals surface area contributed by atoms with E-state index in [-0.39, 0.29) is 35.1 Å². The van der Waals surface area contributed by atoms with Gasteiger partial charge in [-0.15, -0.1) is 10.2 Å². The number of carbonyl (C=O) groups excluding carboxylic acids is 3. The second-order valence-electron chi connectivity index (χ2n) is 8.02. The number of methoxy groups -OCH3 is 1. The number of amides is 2. The first-order valence-electron chi connectivity index (χ1n) is 11.2. The van der Waals surface area contributed by atoms with Crippen molar-refractivity contribution < 1.29 is 19.1 Å². The normalized spacial score (nSPS) is 11.7. The first kappa shape index (κ1) is 26.0. The quantitative estimate of drug-likeness (QED) is 0.323. The van der Waals surface area contributed by atoms with Crippen molar-refractivity contribution in [3.63, 3.8) is 0 Å². The molecular weight excluding hydrogens is 466 g/mol. The molecule has 3 aromatic rings. The van der Waals surface area contributed by atoms with Crippen molar-refractivity contribution in [3.05, 3.63) is 71.5 Å². The number of rotatable bonds is 10. The Morgan fingerprint density at radius 3 is 2.37 bits per heavy atom. The standard InChI is InChI=1S/C25H29N5O4S/c1-5-30-22(21(16(2)3)27-23(32)17-11-7-6-8-12-17)28-29-25(30)35-15-20(31)26-19-14-10-9-13-18(19)24(33)34-4/h6-14,16,21H,5,15H2,1-4H3,(H,26,31)(H,27,32)/t21-/m0/s1. The molecule has 9 nitrogen and oxygen atoms in total. The number of thioether (sulfide) groups is 1. The molecule has 2 N–H and O–H groups in total. The van der Waals surface area contributed by atoms with Crippen LogP contribution in [0.3, 0.4) is 0 Å². The number of anilines is 1. The summed E-state index contributed by atoms with van der Waals surface area (Å²) in [6.45, 7) is 6.54. The van der Waals surface area contributed by atoms with Crippen molar-refractivity contribution in [3.8, 4) is 0 Å². The first-order chi connectivity index (χ1) is 16.8. The summed E-state index contributed by atoms with van der Waals surface area (Å²) < 4.78 is 6.67. The van der Waals surface area contributed by atoms with E-state index in [0.717, 1.165) is 0 Å². The van der Waals surface area contributed by atoms with Crippen molar-refractivity contribution in [2.45, 2.75) is 38.5 Å². The number of nitrogens with zero attached hydrogens (tertiary/aromatic N) is 3. The van der Waals surface area contributed by atoms with Gasteiger partial charge >= 0.3 is 5.97 Å². The molecule has 0 bridgehead atoms. The molecule has 0 aliphatic heterocycles.